The molecule has 3 saturated carbocycles. The molecule has 0 aliphatic heterocycles. The Morgan fingerprint density at radius 1 is 0.875 bits per heavy atom. The summed E-state index contributed by atoms with van der Waals surface area (Å²) in [6, 6.07) is 0. The molecule has 0 amide bonds. The molecule has 4 rings (SSSR count). The Balaban J connectivity index is 1.56. The Bertz CT molecular complexity index is 727. The van der Waals surface area contributed by atoms with Crippen molar-refractivity contribution in [3.8, 4) is 0 Å². The molecule has 182 valence electrons. The van der Waals surface area contributed by atoms with Crippen LogP contribution in [0.1, 0.15) is 93.4 Å². The van der Waals surface area contributed by atoms with Crippen molar-refractivity contribution in [2.24, 2.45) is 58.2 Å². The van der Waals surface area contributed by atoms with Crippen molar-refractivity contribution >= 4 is 0 Å². The van der Waals surface area contributed by atoms with Crippen molar-refractivity contribution in [2.45, 2.75) is 106 Å². The van der Waals surface area contributed by atoms with Crippen LogP contribution >= 0.6 is 0 Å². The zero-order valence-electron chi connectivity index (χ0n) is 21.8. The minimum Gasteiger partial charge on any atom is -0.393 e. The predicted molar refractivity (Wildman–Crippen MR) is 134 cm³/mol. The van der Waals surface area contributed by atoms with Crippen LogP contribution in [0.5, 0.6) is 0 Å². The van der Waals surface area contributed by atoms with E-state index < -0.39 is 0 Å². The highest BCUT2D eigenvalue weighted by molar-refractivity contribution is 5.28. The standard InChI is InChI=1S/C30H50O2/c1-18(2)23(19(3)4)9-8-20(5)24-10-11-25-28-26(13-15-30(24,25)7)29(6)14-12-22(31)16-21(29)17-27(28)32/h8-9,17-20,22-28,31-32H,10-16H2,1-7H3/b9-8+/t20?,22-,24?,25?,26?,27?,28?,29-,30+/m0/s1. The number of fused-ring (bicyclic) bond motifs is 5. The van der Waals surface area contributed by atoms with Crippen molar-refractivity contribution in [3.63, 3.8) is 0 Å². The highest BCUT2D eigenvalue weighted by Crippen LogP contribution is 2.67. The van der Waals surface area contributed by atoms with E-state index in [1.807, 2.05) is 0 Å². The quantitative estimate of drug-likeness (QED) is 0.449. The lowest BCUT2D eigenvalue weighted by molar-refractivity contribution is -0.0950. The van der Waals surface area contributed by atoms with Gasteiger partial charge in [0.15, 0.2) is 0 Å². The maximum Gasteiger partial charge on any atom is 0.0757 e. The zero-order valence-corrected chi connectivity index (χ0v) is 21.8. The lowest BCUT2D eigenvalue weighted by atomic mass is 9.46. The van der Waals surface area contributed by atoms with Crippen molar-refractivity contribution in [3.05, 3.63) is 23.8 Å². The van der Waals surface area contributed by atoms with Crippen LogP contribution in [-0.4, -0.2) is 22.4 Å². The van der Waals surface area contributed by atoms with E-state index in [-0.39, 0.29) is 17.6 Å². The third-order valence-corrected chi connectivity index (χ3v) is 11.0. The molecule has 3 fully saturated rings. The van der Waals surface area contributed by atoms with E-state index in [0.717, 1.165) is 25.2 Å². The fraction of sp³-hybridized carbons (Fsp3) is 0.867. The highest BCUT2D eigenvalue weighted by Gasteiger charge is 2.61. The summed E-state index contributed by atoms with van der Waals surface area (Å²) < 4.78 is 0. The number of rotatable bonds is 5. The average Bonchev–Trinajstić information content (AvgIpc) is 3.06. The Morgan fingerprint density at radius 3 is 2.22 bits per heavy atom. The Hall–Kier alpha value is -0.600. The van der Waals surface area contributed by atoms with Gasteiger partial charge in [-0.25, -0.2) is 0 Å². The molecule has 0 bridgehead atoms. The van der Waals surface area contributed by atoms with Crippen molar-refractivity contribution in [1.29, 1.82) is 0 Å². The molecule has 6 unspecified atom stereocenters. The number of aliphatic hydroxyl groups excluding tert-OH is 2. The number of aliphatic hydroxyl groups is 2. The van der Waals surface area contributed by atoms with Crippen LogP contribution in [0.15, 0.2) is 23.8 Å². The van der Waals surface area contributed by atoms with Gasteiger partial charge in [-0.3, -0.25) is 0 Å². The third-order valence-electron chi connectivity index (χ3n) is 11.0. The summed E-state index contributed by atoms with van der Waals surface area (Å²) in [5, 5.41) is 21.6. The molecule has 4 aliphatic rings. The van der Waals surface area contributed by atoms with Gasteiger partial charge in [0, 0.05) is 0 Å². The summed E-state index contributed by atoms with van der Waals surface area (Å²) in [6.07, 6.45) is 14.6. The molecule has 0 radical (unpaired) electrons. The van der Waals surface area contributed by atoms with Gasteiger partial charge in [0.2, 0.25) is 0 Å². The Kier molecular flexibility index (Phi) is 6.80. The first kappa shape index (κ1) is 24.5. The average molecular weight is 443 g/mol. The van der Waals surface area contributed by atoms with Crippen LogP contribution in [0.25, 0.3) is 0 Å². The van der Waals surface area contributed by atoms with Gasteiger partial charge in [0.25, 0.3) is 0 Å². The van der Waals surface area contributed by atoms with Crippen LogP contribution in [0, 0.1) is 58.2 Å². The van der Waals surface area contributed by atoms with E-state index in [0.29, 0.717) is 46.8 Å². The molecule has 2 nitrogen and oxygen atoms in total. The van der Waals surface area contributed by atoms with E-state index in [9.17, 15) is 10.2 Å². The predicted octanol–water partition coefficient (Wildman–Crippen LogP) is 7.02. The van der Waals surface area contributed by atoms with Gasteiger partial charge in [-0.1, -0.05) is 72.3 Å². The second-order valence-corrected chi connectivity index (χ2v) is 13.3. The first-order valence-electron chi connectivity index (χ1n) is 13.7. The zero-order chi connectivity index (χ0) is 23.4. The van der Waals surface area contributed by atoms with Crippen LogP contribution in [0.3, 0.4) is 0 Å². The molecular weight excluding hydrogens is 392 g/mol. The monoisotopic (exact) mass is 442 g/mol. The summed E-state index contributed by atoms with van der Waals surface area (Å²) in [5.41, 5.74) is 1.89. The maximum absolute atomic E-state index is 11.4. The Morgan fingerprint density at radius 2 is 1.56 bits per heavy atom. The minimum absolute atomic E-state index is 0.190. The van der Waals surface area contributed by atoms with Gasteiger partial charge in [0.05, 0.1) is 12.2 Å². The van der Waals surface area contributed by atoms with Gasteiger partial charge in [-0.15, -0.1) is 0 Å². The van der Waals surface area contributed by atoms with E-state index in [1.54, 1.807) is 0 Å². The van der Waals surface area contributed by atoms with Crippen molar-refractivity contribution < 1.29 is 10.2 Å². The molecule has 0 saturated heterocycles. The second-order valence-electron chi connectivity index (χ2n) is 13.3. The molecule has 9 atom stereocenters. The molecule has 0 spiro atoms. The molecular formula is C30H50O2. The summed E-state index contributed by atoms with van der Waals surface area (Å²) in [4.78, 5) is 0. The van der Waals surface area contributed by atoms with Gasteiger partial charge >= 0.3 is 0 Å². The molecule has 2 N–H and O–H groups in total. The van der Waals surface area contributed by atoms with E-state index in [1.165, 1.54) is 31.3 Å². The lowest BCUT2D eigenvalue weighted by Gasteiger charge is -2.59. The Labute approximate surface area is 198 Å². The normalized spacial score (nSPS) is 45.2. The number of hydrogen-bond donors (Lipinski definition) is 2. The molecule has 4 aliphatic carbocycles. The van der Waals surface area contributed by atoms with Crippen LogP contribution in [0.2, 0.25) is 0 Å². The summed E-state index contributed by atoms with van der Waals surface area (Å²) in [5.74, 6) is 4.98. The molecule has 0 aromatic carbocycles. The molecule has 0 aromatic heterocycles. The fourth-order valence-electron chi connectivity index (χ4n) is 9.19. The van der Waals surface area contributed by atoms with Crippen molar-refractivity contribution in [2.75, 3.05) is 0 Å². The first-order valence-corrected chi connectivity index (χ1v) is 13.7. The summed E-state index contributed by atoms with van der Waals surface area (Å²) >= 11 is 0. The van der Waals surface area contributed by atoms with E-state index >= 15 is 0 Å². The SMILES string of the molecule is CC(C)C(/C=C/C(C)C1CCC2C3C(O)C=C4C[C@@H](O)CC[C@]4(C)C3CC[C@]12C)C(C)C. The van der Waals surface area contributed by atoms with Gasteiger partial charge in [-0.05, 0) is 103 Å². The largest absolute Gasteiger partial charge is 0.393 e. The maximum atomic E-state index is 11.4. The smallest absolute Gasteiger partial charge is 0.0757 e. The van der Waals surface area contributed by atoms with Crippen molar-refractivity contribution in [1.82, 2.24) is 0 Å². The van der Waals surface area contributed by atoms with E-state index in [4.69, 9.17) is 0 Å². The van der Waals surface area contributed by atoms with Gasteiger partial charge in [0.1, 0.15) is 0 Å². The summed E-state index contributed by atoms with van der Waals surface area (Å²) in [7, 11) is 0. The summed E-state index contributed by atoms with van der Waals surface area (Å²) in [6.45, 7) is 16.9. The van der Waals surface area contributed by atoms with Crippen LogP contribution in [-0.2, 0) is 0 Å². The van der Waals surface area contributed by atoms with Gasteiger partial charge in [-0.2, -0.15) is 0 Å². The molecule has 2 heteroatoms. The molecule has 0 heterocycles. The minimum atomic E-state index is -0.325. The van der Waals surface area contributed by atoms with Crippen LogP contribution < -0.4 is 0 Å². The topological polar surface area (TPSA) is 40.5 Å². The molecule has 32 heavy (non-hydrogen) atoms. The number of allylic oxidation sites excluding steroid dienone is 2. The molecule has 0 aromatic rings. The van der Waals surface area contributed by atoms with Crippen LogP contribution in [0.4, 0.5) is 0 Å². The first-order chi connectivity index (χ1) is 15.0. The third kappa shape index (κ3) is 3.96. The van der Waals surface area contributed by atoms with E-state index in [2.05, 4.69) is 66.7 Å². The lowest BCUT2D eigenvalue weighted by Crippen LogP contribution is -2.54. The fourth-order valence-corrected chi connectivity index (χ4v) is 9.19. The number of hydrogen-bond acceptors (Lipinski definition) is 2. The van der Waals surface area contributed by atoms with Gasteiger partial charge < -0.3 is 10.2 Å². The second kappa shape index (κ2) is 8.88. The highest BCUT2D eigenvalue weighted by atomic mass is 16.3.